The summed E-state index contributed by atoms with van der Waals surface area (Å²) in [6, 6.07) is 23.5. The summed E-state index contributed by atoms with van der Waals surface area (Å²) in [6.07, 6.45) is 0. The normalized spacial score (nSPS) is 11.2. The van der Waals surface area contributed by atoms with E-state index in [2.05, 4.69) is 13.0 Å². The van der Waals surface area contributed by atoms with Gasteiger partial charge < -0.3 is 9.15 Å². The zero-order valence-corrected chi connectivity index (χ0v) is 18.7. The smallest absolute Gasteiger partial charge is 0.296 e. The first-order chi connectivity index (χ1) is 15.6. The molecule has 0 spiro atoms. The molecule has 2 heterocycles. The van der Waals surface area contributed by atoms with Crippen molar-refractivity contribution in [3.63, 3.8) is 0 Å². The number of furan rings is 1. The third kappa shape index (κ3) is 3.85. The summed E-state index contributed by atoms with van der Waals surface area (Å²) < 4.78 is 12.7. The summed E-state index contributed by atoms with van der Waals surface area (Å²) in [7, 11) is 0. The lowest BCUT2D eigenvalue weighted by molar-refractivity contribution is 0.0960. The Hall–Kier alpha value is -3.64. The number of hydrogen-bond acceptors (Lipinski definition) is 5. The molecule has 2 aromatic heterocycles. The summed E-state index contributed by atoms with van der Waals surface area (Å²) in [6.45, 7) is 4.89. The van der Waals surface area contributed by atoms with Crippen molar-refractivity contribution in [3.8, 4) is 5.75 Å². The Morgan fingerprint density at radius 1 is 1.06 bits per heavy atom. The maximum atomic E-state index is 13.7. The average molecular weight is 443 g/mol. The number of carbonyl (C=O) groups is 1. The lowest BCUT2D eigenvalue weighted by Gasteiger charge is -2.18. The molecule has 0 radical (unpaired) electrons. The van der Waals surface area contributed by atoms with Crippen molar-refractivity contribution in [2.24, 2.45) is 0 Å². The van der Waals surface area contributed by atoms with Crippen molar-refractivity contribution in [3.05, 3.63) is 89.7 Å². The van der Waals surface area contributed by atoms with Gasteiger partial charge in [-0.15, -0.1) is 0 Å². The van der Waals surface area contributed by atoms with E-state index >= 15 is 0 Å². The monoisotopic (exact) mass is 442 g/mol. The van der Waals surface area contributed by atoms with Crippen LogP contribution < -0.4 is 9.64 Å². The van der Waals surface area contributed by atoms with Gasteiger partial charge in [0.15, 0.2) is 22.2 Å². The molecule has 0 fully saturated rings. The molecule has 32 heavy (non-hydrogen) atoms. The molecule has 5 rings (SSSR count). The second-order valence-electron chi connectivity index (χ2n) is 7.56. The number of ether oxygens (including phenoxy) is 1. The van der Waals surface area contributed by atoms with Crippen molar-refractivity contribution < 1.29 is 13.9 Å². The highest BCUT2D eigenvalue weighted by Gasteiger charge is 2.25. The van der Waals surface area contributed by atoms with Crippen molar-refractivity contribution in [2.45, 2.75) is 20.4 Å². The zero-order chi connectivity index (χ0) is 22.1. The lowest BCUT2D eigenvalue weighted by atomic mass is 10.2. The fourth-order valence-electron chi connectivity index (χ4n) is 3.67. The van der Waals surface area contributed by atoms with Gasteiger partial charge in [0.05, 0.1) is 23.4 Å². The van der Waals surface area contributed by atoms with Gasteiger partial charge in [0.25, 0.3) is 5.91 Å². The standard InChI is InChI=1S/C26H22N2O3S/c1-3-30-21-11-7-10-19-15-22(31-24(19)21)25(29)28(16-18-8-5-4-6-9-18)26-27-20-13-12-17(2)14-23(20)32-26/h4-15H,3,16H2,1-2H3. The molecule has 3 aromatic carbocycles. The van der Waals surface area contributed by atoms with Gasteiger partial charge in [0, 0.05) is 5.39 Å². The van der Waals surface area contributed by atoms with E-state index in [1.807, 2.05) is 67.6 Å². The summed E-state index contributed by atoms with van der Waals surface area (Å²) in [5.41, 5.74) is 3.64. The quantitative estimate of drug-likeness (QED) is 0.297. The lowest BCUT2D eigenvalue weighted by Crippen LogP contribution is -2.30. The molecular weight excluding hydrogens is 420 g/mol. The van der Waals surface area contributed by atoms with E-state index in [9.17, 15) is 4.79 Å². The molecule has 5 aromatic rings. The van der Waals surface area contributed by atoms with Gasteiger partial charge in [-0.25, -0.2) is 4.98 Å². The van der Waals surface area contributed by atoms with E-state index in [1.54, 1.807) is 11.0 Å². The number of aromatic nitrogens is 1. The molecule has 1 amide bonds. The number of thiazole rings is 1. The third-order valence-electron chi connectivity index (χ3n) is 5.21. The largest absolute Gasteiger partial charge is 0.490 e. The van der Waals surface area contributed by atoms with E-state index in [0.717, 1.165) is 26.7 Å². The van der Waals surface area contributed by atoms with Gasteiger partial charge in [-0.2, -0.15) is 0 Å². The molecule has 5 nitrogen and oxygen atoms in total. The number of benzene rings is 3. The summed E-state index contributed by atoms with van der Waals surface area (Å²) in [5.74, 6) is 0.663. The molecule has 6 heteroatoms. The Morgan fingerprint density at radius 3 is 2.72 bits per heavy atom. The number of para-hydroxylation sites is 1. The Morgan fingerprint density at radius 2 is 1.91 bits per heavy atom. The van der Waals surface area contributed by atoms with Crippen LogP contribution in [0.1, 0.15) is 28.6 Å². The Labute approximate surface area is 189 Å². The van der Waals surface area contributed by atoms with Crippen LogP contribution in [0.25, 0.3) is 21.2 Å². The number of amides is 1. The van der Waals surface area contributed by atoms with Crippen LogP contribution in [0.3, 0.4) is 0 Å². The number of anilines is 1. The van der Waals surface area contributed by atoms with Gasteiger partial charge >= 0.3 is 0 Å². The number of rotatable bonds is 6. The number of hydrogen-bond donors (Lipinski definition) is 0. The molecule has 0 aliphatic rings. The molecule has 0 saturated heterocycles. The predicted molar refractivity (Wildman–Crippen MR) is 129 cm³/mol. The van der Waals surface area contributed by atoms with Crippen LogP contribution in [0.2, 0.25) is 0 Å². The van der Waals surface area contributed by atoms with E-state index < -0.39 is 0 Å². The first-order valence-electron chi connectivity index (χ1n) is 10.5. The minimum Gasteiger partial charge on any atom is -0.490 e. The maximum absolute atomic E-state index is 13.7. The number of fused-ring (bicyclic) bond motifs is 2. The third-order valence-corrected chi connectivity index (χ3v) is 6.25. The predicted octanol–water partition coefficient (Wildman–Crippen LogP) is 6.60. The highest BCUT2D eigenvalue weighted by Crippen LogP contribution is 2.34. The highest BCUT2D eigenvalue weighted by molar-refractivity contribution is 7.22. The number of aryl methyl sites for hydroxylation is 1. The van der Waals surface area contributed by atoms with Crippen LogP contribution >= 0.6 is 11.3 Å². The van der Waals surface area contributed by atoms with Crippen LogP contribution in [-0.4, -0.2) is 17.5 Å². The van der Waals surface area contributed by atoms with E-state index in [0.29, 0.717) is 29.6 Å². The second kappa shape index (κ2) is 8.48. The fraction of sp³-hybridized carbons (Fsp3) is 0.154. The van der Waals surface area contributed by atoms with E-state index in [4.69, 9.17) is 14.1 Å². The van der Waals surface area contributed by atoms with Gasteiger partial charge in [-0.05, 0) is 49.2 Å². The zero-order valence-electron chi connectivity index (χ0n) is 17.9. The summed E-state index contributed by atoms with van der Waals surface area (Å²) in [5, 5.41) is 1.48. The minimum atomic E-state index is -0.233. The van der Waals surface area contributed by atoms with Crippen LogP contribution in [0.5, 0.6) is 5.75 Å². The molecule has 0 saturated carbocycles. The molecule has 0 N–H and O–H groups in total. The Kier molecular flexibility index (Phi) is 5.37. The van der Waals surface area contributed by atoms with Gasteiger partial charge in [0.1, 0.15) is 0 Å². The van der Waals surface area contributed by atoms with Crippen molar-refractivity contribution in [2.75, 3.05) is 11.5 Å². The first-order valence-corrected chi connectivity index (χ1v) is 11.3. The van der Waals surface area contributed by atoms with Crippen LogP contribution in [0.15, 0.2) is 77.2 Å². The number of carbonyl (C=O) groups excluding carboxylic acids is 1. The fourth-order valence-corrected chi connectivity index (χ4v) is 4.73. The molecule has 0 atom stereocenters. The van der Waals surface area contributed by atoms with Crippen LogP contribution in [-0.2, 0) is 6.54 Å². The maximum Gasteiger partial charge on any atom is 0.296 e. The Bertz CT molecular complexity index is 1400. The van der Waals surface area contributed by atoms with Crippen molar-refractivity contribution in [1.29, 1.82) is 0 Å². The van der Waals surface area contributed by atoms with Gasteiger partial charge in [-0.1, -0.05) is 59.9 Å². The number of nitrogens with zero attached hydrogens (tertiary/aromatic N) is 2. The second-order valence-corrected chi connectivity index (χ2v) is 8.57. The van der Waals surface area contributed by atoms with Crippen molar-refractivity contribution >= 4 is 43.6 Å². The first kappa shape index (κ1) is 20.3. The van der Waals surface area contributed by atoms with E-state index in [-0.39, 0.29) is 11.7 Å². The molecule has 160 valence electrons. The summed E-state index contributed by atoms with van der Waals surface area (Å²) >= 11 is 1.51. The van der Waals surface area contributed by atoms with Gasteiger partial charge in [-0.3, -0.25) is 9.69 Å². The van der Waals surface area contributed by atoms with Crippen LogP contribution in [0, 0.1) is 6.92 Å². The molecule has 0 unspecified atom stereocenters. The summed E-state index contributed by atoms with van der Waals surface area (Å²) in [4.78, 5) is 20.1. The van der Waals surface area contributed by atoms with E-state index in [1.165, 1.54) is 11.3 Å². The minimum absolute atomic E-state index is 0.233. The van der Waals surface area contributed by atoms with Crippen molar-refractivity contribution in [1.82, 2.24) is 4.98 Å². The average Bonchev–Trinajstić information content (AvgIpc) is 3.42. The van der Waals surface area contributed by atoms with Crippen LogP contribution in [0.4, 0.5) is 5.13 Å². The molecule has 0 aliphatic carbocycles. The topological polar surface area (TPSA) is 55.6 Å². The van der Waals surface area contributed by atoms with Gasteiger partial charge in [0.2, 0.25) is 0 Å². The Balaban J connectivity index is 1.58. The molecular formula is C26H22N2O3S. The highest BCUT2D eigenvalue weighted by atomic mass is 32.1. The molecule has 0 aliphatic heterocycles. The SMILES string of the molecule is CCOc1cccc2cc(C(=O)N(Cc3ccccc3)c3nc4ccc(C)cc4s3)oc12. The molecule has 0 bridgehead atoms.